The van der Waals surface area contributed by atoms with Crippen LogP contribution in [0.15, 0.2) is 48.5 Å². The number of carboxylic acid groups (broad SMARTS) is 1. The number of rotatable bonds is 4. The SMILES string of the molecule is COc1cc(C(C)C(=O)O)ccc1-c1ccccc1. The number of carbonyl (C=O) groups is 1. The lowest BCUT2D eigenvalue weighted by Crippen LogP contribution is -2.07. The molecule has 0 radical (unpaired) electrons. The molecule has 0 bridgehead atoms. The van der Waals surface area contributed by atoms with Crippen molar-refractivity contribution in [3.05, 3.63) is 54.1 Å². The Morgan fingerprint density at radius 3 is 2.42 bits per heavy atom. The fraction of sp³-hybridized carbons (Fsp3) is 0.188. The predicted octanol–water partition coefficient (Wildman–Crippen LogP) is 3.55. The lowest BCUT2D eigenvalue weighted by Gasteiger charge is -2.13. The van der Waals surface area contributed by atoms with E-state index in [1.807, 2.05) is 42.5 Å². The number of methoxy groups -OCH3 is 1. The number of ether oxygens (including phenoxy) is 1. The maximum Gasteiger partial charge on any atom is 0.310 e. The van der Waals surface area contributed by atoms with E-state index >= 15 is 0 Å². The zero-order valence-corrected chi connectivity index (χ0v) is 11.0. The van der Waals surface area contributed by atoms with Gasteiger partial charge in [0.05, 0.1) is 13.0 Å². The van der Waals surface area contributed by atoms with Crippen LogP contribution >= 0.6 is 0 Å². The van der Waals surface area contributed by atoms with Crippen LogP contribution in [-0.2, 0) is 4.79 Å². The first-order valence-corrected chi connectivity index (χ1v) is 6.09. The van der Waals surface area contributed by atoms with E-state index in [4.69, 9.17) is 9.84 Å². The Hall–Kier alpha value is -2.29. The molecule has 2 aromatic rings. The topological polar surface area (TPSA) is 46.5 Å². The summed E-state index contributed by atoms with van der Waals surface area (Å²) < 4.78 is 5.38. The van der Waals surface area contributed by atoms with Crippen LogP contribution in [0.3, 0.4) is 0 Å². The van der Waals surface area contributed by atoms with Gasteiger partial charge in [0, 0.05) is 5.56 Å². The first kappa shape index (κ1) is 13.1. The Kier molecular flexibility index (Phi) is 3.85. The van der Waals surface area contributed by atoms with Crippen molar-refractivity contribution in [2.75, 3.05) is 7.11 Å². The molecular formula is C16H16O3. The van der Waals surface area contributed by atoms with Gasteiger partial charge < -0.3 is 9.84 Å². The Balaban J connectivity index is 2.46. The Labute approximate surface area is 112 Å². The van der Waals surface area contributed by atoms with Crippen LogP contribution in [-0.4, -0.2) is 18.2 Å². The van der Waals surface area contributed by atoms with Gasteiger partial charge in [0.1, 0.15) is 5.75 Å². The fourth-order valence-corrected chi connectivity index (χ4v) is 1.98. The van der Waals surface area contributed by atoms with Gasteiger partial charge >= 0.3 is 5.97 Å². The molecule has 0 saturated heterocycles. The van der Waals surface area contributed by atoms with Gasteiger partial charge in [-0.25, -0.2) is 0 Å². The van der Waals surface area contributed by atoms with Gasteiger partial charge in [-0.05, 0) is 24.1 Å². The Bertz CT molecular complexity index is 576. The molecule has 98 valence electrons. The summed E-state index contributed by atoms with van der Waals surface area (Å²) in [5.74, 6) is -0.690. The third-order valence-electron chi connectivity index (χ3n) is 3.18. The van der Waals surface area contributed by atoms with Gasteiger partial charge in [-0.3, -0.25) is 4.79 Å². The van der Waals surface area contributed by atoms with Crippen molar-refractivity contribution in [3.63, 3.8) is 0 Å². The molecule has 0 fully saturated rings. The van der Waals surface area contributed by atoms with E-state index in [1.165, 1.54) is 0 Å². The second-order valence-corrected chi connectivity index (χ2v) is 4.39. The third-order valence-corrected chi connectivity index (χ3v) is 3.18. The maximum atomic E-state index is 11.0. The predicted molar refractivity (Wildman–Crippen MR) is 74.5 cm³/mol. The van der Waals surface area contributed by atoms with Crippen LogP contribution in [0, 0.1) is 0 Å². The summed E-state index contributed by atoms with van der Waals surface area (Å²) >= 11 is 0. The van der Waals surface area contributed by atoms with Gasteiger partial charge in [0.25, 0.3) is 0 Å². The van der Waals surface area contributed by atoms with Gasteiger partial charge in [0.15, 0.2) is 0 Å². The van der Waals surface area contributed by atoms with E-state index in [1.54, 1.807) is 20.1 Å². The van der Waals surface area contributed by atoms with Crippen molar-refractivity contribution in [2.24, 2.45) is 0 Å². The minimum atomic E-state index is -0.838. The van der Waals surface area contributed by atoms with Crippen LogP contribution < -0.4 is 4.74 Å². The lowest BCUT2D eigenvalue weighted by molar-refractivity contribution is -0.138. The number of hydrogen-bond donors (Lipinski definition) is 1. The van der Waals surface area contributed by atoms with Crippen LogP contribution in [0.5, 0.6) is 5.75 Å². The summed E-state index contributed by atoms with van der Waals surface area (Å²) in [6.07, 6.45) is 0. The molecule has 19 heavy (non-hydrogen) atoms. The van der Waals surface area contributed by atoms with Gasteiger partial charge in [-0.2, -0.15) is 0 Å². The molecule has 0 aliphatic carbocycles. The molecule has 3 nitrogen and oxygen atoms in total. The highest BCUT2D eigenvalue weighted by molar-refractivity contribution is 5.77. The highest BCUT2D eigenvalue weighted by Gasteiger charge is 2.16. The lowest BCUT2D eigenvalue weighted by atomic mass is 9.96. The summed E-state index contributed by atoms with van der Waals surface area (Å²) in [5, 5.41) is 9.04. The summed E-state index contributed by atoms with van der Waals surface area (Å²) in [4.78, 5) is 11.0. The quantitative estimate of drug-likeness (QED) is 0.910. The second-order valence-electron chi connectivity index (χ2n) is 4.39. The summed E-state index contributed by atoms with van der Waals surface area (Å²) in [5.41, 5.74) is 2.75. The van der Waals surface area contributed by atoms with Crippen molar-refractivity contribution in [3.8, 4) is 16.9 Å². The molecule has 0 spiro atoms. The van der Waals surface area contributed by atoms with Gasteiger partial charge in [-0.1, -0.05) is 42.5 Å². The average Bonchev–Trinajstić information content (AvgIpc) is 2.46. The van der Waals surface area contributed by atoms with Crippen LogP contribution in [0.1, 0.15) is 18.4 Å². The van der Waals surface area contributed by atoms with E-state index in [-0.39, 0.29) is 0 Å². The largest absolute Gasteiger partial charge is 0.496 e. The molecule has 0 aromatic heterocycles. The summed E-state index contributed by atoms with van der Waals surface area (Å²) in [6, 6.07) is 15.4. The molecule has 1 unspecified atom stereocenters. The fourth-order valence-electron chi connectivity index (χ4n) is 1.98. The molecule has 0 amide bonds. The highest BCUT2D eigenvalue weighted by atomic mass is 16.5. The van der Waals surface area contributed by atoms with E-state index in [0.29, 0.717) is 5.75 Å². The average molecular weight is 256 g/mol. The van der Waals surface area contributed by atoms with Crippen LogP contribution in [0.25, 0.3) is 11.1 Å². The van der Waals surface area contributed by atoms with E-state index in [0.717, 1.165) is 16.7 Å². The smallest absolute Gasteiger partial charge is 0.310 e. The van der Waals surface area contributed by atoms with Crippen molar-refractivity contribution < 1.29 is 14.6 Å². The van der Waals surface area contributed by atoms with Gasteiger partial charge in [-0.15, -0.1) is 0 Å². The van der Waals surface area contributed by atoms with E-state index in [9.17, 15) is 4.79 Å². The molecule has 0 aliphatic rings. The Morgan fingerprint density at radius 2 is 1.84 bits per heavy atom. The number of benzene rings is 2. The minimum Gasteiger partial charge on any atom is -0.496 e. The van der Waals surface area contributed by atoms with Crippen molar-refractivity contribution in [2.45, 2.75) is 12.8 Å². The number of hydrogen-bond acceptors (Lipinski definition) is 2. The van der Waals surface area contributed by atoms with Gasteiger partial charge in [0.2, 0.25) is 0 Å². The van der Waals surface area contributed by atoms with Crippen molar-refractivity contribution in [1.82, 2.24) is 0 Å². The zero-order valence-electron chi connectivity index (χ0n) is 11.0. The monoisotopic (exact) mass is 256 g/mol. The standard InChI is InChI=1S/C16H16O3/c1-11(16(17)18)13-8-9-14(15(10-13)19-2)12-6-4-3-5-7-12/h3-11H,1-2H3,(H,17,18). The maximum absolute atomic E-state index is 11.0. The summed E-state index contributed by atoms with van der Waals surface area (Å²) in [6.45, 7) is 1.67. The zero-order chi connectivity index (χ0) is 13.8. The molecule has 3 heteroatoms. The summed E-state index contributed by atoms with van der Waals surface area (Å²) in [7, 11) is 1.59. The highest BCUT2D eigenvalue weighted by Crippen LogP contribution is 2.32. The van der Waals surface area contributed by atoms with Crippen molar-refractivity contribution in [1.29, 1.82) is 0 Å². The number of aliphatic carboxylic acids is 1. The Morgan fingerprint density at radius 1 is 1.16 bits per heavy atom. The van der Waals surface area contributed by atoms with Crippen LogP contribution in [0.2, 0.25) is 0 Å². The molecular weight excluding hydrogens is 240 g/mol. The molecule has 0 heterocycles. The van der Waals surface area contributed by atoms with Crippen LogP contribution in [0.4, 0.5) is 0 Å². The molecule has 0 aliphatic heterocycles. The molecule has 2 rings (SSSR count). The first-order chi connectivity index (χ1) is 9.13. The molecule has 0 saturated carbocycles. The van der Waals surface area contributed by atoms with Crippen molar-refractivity contribution >= 4 is 5.97 Å². The normalized spacial score (nSPS) is 11.9. The second kappa shape index (κ2) is 5.57. The first-order valence-electron chi connectivity index (χ1n) is 6.09. The minimum absolute atomic E-state index is 0.543. The van der Waals surface area contributed by atoms with E-state index < -0.39 is 11.9 Å². The molecule has 2 aromatic carbocycles. The third kappa shape index (κ3) is 2.76. The molecule has 1 atom stereocenters. The number of carboxylic acids is 1. The molecule has 1 N–H and O–H groups in total. The van der Waals surface area contributed by atoms with E-state index in [2.05, 4.69) is 0 Å².